The van der Waals surface area contributed by atoms with E-state index in [1.165, 1.54) is 12.1 Å². The predicted molar refractivity (Wildman–Crippen MR) is 129 cm³/mol. The van der Waals surface area contributed by atoms with Gasteiger partial charge in [0.1, 0.15) is 6.17 Å². The number of imide groups is 1. The monoisotopic (exact) mass is 538 g/mol. The van der Waals surface area contributed by atoms with Crippen LogP contribution in [0.25, 0.3) is 16.5 Å². The number of aromatic nitrogens is 2. The third-order valence-electron chi connectivity index (χ3n) is 6.23. The van der Waals surface area contributed by atoms with Crippen molar-refractivity contribution in [2.24, 2.45) is 0 Å². The summed E-state index contributed by atoms with van der Waals surface area (Å²) < 4.78 is 55.1. The van der Waals surface area contributed by atoms with Gasteiger partial charge in [-0.25, -0.2) is 4.39 Å². The minimum atomic E-state index is -4.67. The highest BCUT2D eigenvalue weighted by molar-refractivity contribution is 8.18. The van der Waals surface area contributed by atoms with Gasteiger partial charge in [0.2, 0.25) is 0 Å². The smallest absolute Gasteiger partial charge is 0.309 e. The molecule has 0 radical (unpaired) electrons. The fourth-order valence-electron chi connectivity index (χ4n) is 4.47. The second kappa shape index (κ2) is 9.53. The number of aromatic amines is 1. The Morgan fingerprint density at radius 1 is 1.19 bits per heavy atom. The summed E-state index contributed by atoms with van der Waals surface area (Å²) in [7, 11) is 0. The summed E-state index contributed by atoms with van der Waals surface area (Å²) in [5, 5.41) is 9.79. The van der Waals surface area contributed by atoms with Crippen LogP contribution >= 0.6 is 23.4 Å². The molecule has 2 N–H and O–H groups in total. The topological polar surface area (TPSA) is 78.1 Å². The van der Waals surface area contributed by atoms with Gasteiger partial charge in [0.15, 0.2) is 0 Å². The number of nitrogens with one attached hydrogen (secondary N) is 2. The van der Waals surface area contributed by atoms with Gasteiger partial charge in [-0.15, -0.1) is 0 Å². The molecule has 2 aliphatic heterocycles. The highest BCUT2D eigenvalue weighted by Gasteiger charge is 2.40. The number of thioether (sulfide) groups is 1. The molecule has 0 bridgehead atoms. The second-order valence-electron chi connectivity index (χ2n) is 8.68. The van der Waals surface area contributed by atoms with Crippen LogP contribution < -0.4 is 5.32 Å². The van der Waals surface area contributed by atoms with Crippen molar-refractivity contribution in [2.45, 2.75) is 31.2 Å². The number of benzene rings is 2. The summed E-state index contributed by atoms with van der Waals surface area (Å²) in [4.78, 5) is 27.2. The number of hydrogen-bond donors (Lipinski definition) is 2. The number of rotatable bonds is 5. The van der Waals surface area contributed by atoms with Crippen molar-refractivity contribution in [3.63, 3.8) is 0 Å². The molecule has 3 aromatic rings. The number of amides is 2. The highest BCUT2D eigenvalue weighted by atomic mass is 35.5. The van der Waals surface area contributed by atoms with E-state index >= 15 is 0 Å². The van der Waals surface area contributed by atoms with Crippen molar-refractivity contribution in [3.8, 4) is 0 Å². The standard InChI is InChI=1S/C24H19ClF4N4O2S/c25-15-3-1-13(19(7-15)24(27,28)29)6-18(12-2-4-20-14(5-12)9-31-32-20)21-22(34)33(23(35)36-21)11-17-8-16(26)10-30-17/h1-5,7,9,16-17,30H,6,8,10-11H2,(H,31,32)/b21-18-/t16-,17+/m1/s1. The highest BCUT2D eigenvalue weighted by Crippen LogP contribution is 2.41. The van der Waals surface area contributed by atoms with Crippen LogP contribution in [-0.2, 0) is 17.4 Å². The number of hydrogen-bond acceptors (Lipinski definition) is 5. The zero-order valence-electron chi connectivity index (χ0n) is 18.5. The number of allylic oxidation sites excluding steroid dienone is 1. The van der Waals surface area contributed by atoms with Crippen LogP contribution in [-0.4, -0.2) is 51.5 Å². The normalized spacial score (nSPS) is 22.2. The average Bonchev–Trinajstić information content (AvgIpc) is 3.53. The third kappa shape index (κ3) is 4.87. The van der Waals surface area contributed by atoms with E-state index in [0.29, 0.717) is 28.2 Å². The van der Waals surface area contributed by atoms with Crippen LogP contribution in [0.15, 0.2) is 47.5 Å². The first-order chi connectivity index (χ1) is 17.1. The molecule has 36 heavy (non-hydrogen) atoms. The van der Waals surface area contributed by atoms with Gasteiger partial charge >= 0.3 is 6.18 Å². The number of halogens is 5. The summed E-state index contributed by atoms with van der Waals surface area (Å²) in [5.74, 6) is -0.612. The van der Waals surface area contributed by atoms with Gasteiger partial charge in [0, 0.05) is 29.5 Å². The molecule has 12 heteroatoms. The summed E-state index contributed by atoms with van der Waals surface area (Å²) in [6, 6.07) is 8.17. The van der Waals surface area contributed by atoms with Crippen LogP contribution in [0, 0.1) is 0 Å². The van der Waals surface area contributed by atoms with Crippen LogP contribution in [0.5, 0.6) is 0 Å². The minimum absolute atomic E-state index is 0.0165. The molecule has 0 saturated carbocycles. The predicted octanol–water partition coefficient (Wildman–Crippen LogP) is 5.58. The van der Waals surface area contributed by atoms with Crippen LogP contribution in [0.2, 0.25) is 5.02 Å². The Kier molecular flexibility index (Phi) is 6.56. The first-order valence-corrected chi connectivity index (χ1v) is 12.2. The van der Waals surface area contributed by atoms with Crippen molar-refractivity contribution in [2.75, 3.05) is 13.1 Å². The molecule has 3 heterocycles. The third-order valence-corrected chi connectivity index (χ3v) is 7.48. The first kappa shape index (κ1) is 24.8. The SMILES string of the molecule is O=C1S/C(=C(/Cc2ccc(Cl)cc2C(F)(F)F)c2ccc3[nH]ncc3c2)C(=O)N1C[C@@H]1C[C@@H](F)CN1. The fraction of sp³-hybridized carbons (Fsp3) is 0.292. The Morgan fingerprint density at radius 3 is 2.72 bits per heavy atom. The zero-order chi connectivity index (χ0) is 25.6. The molecule has 2 aromatic carbocycles. The molecule has 2 atom stereocenters. The van der Waals surface area contributed by atoms with Gasteiger partial charge in [-0.2, -0.15) is 18.3 Å². The molecule has 2 aliphatic rings. The van der Waals surface area contributed by atoms with E-state index in [0.717, 1.165) is 11.0 Å². The summed E-state index contributed by atoms with van der Waals surface area (Å²) in [5.41, 5.74) is 0.473. The summed E-state index contributed by atoms with van der Waals surface area (Å²) in [6.07, 6.45) is -4.27. The van der Waals surface area contributed by atoms with E-state index < -0.39 is 29.1 Å². The fourth-order valence-corrected chi connectivity index (χ4v) is 5.60. The molecule has 6 nitrogen and oxygen atoms in total. The zero-order valence-corrected chi connectivity index (χ0v) is 20.1. The Labute approximate surface area is 212 Å². The quantitative estimate of drug-likeness (QED) is 0.327. The summed E-state index contributed by atoms with van der Waals surface area (Å²) >= 11 is 6.52. The number of fused-ring (bicyclic) bond motifs is 1. The van der Waals surface area contributed by atoms with Gasteiger partial charge in [-0.05, 0) is 65.6 Å². The average molecular weight is 539 g/mol. The Balaban J connectivity index is 1.59. The Hall–Kier alpha value is -2.89. The molecule has 5 rings (SSSR count). The first-order valence-electron chi connectivity index (χ1n) is 11.0. The molecular formula is C24H19ClF4N4O2S. The molecule has 0 aliphatic carbocycles. The van der Waals surface area contributed by atoms with Crippen molar-refractivity contribution < 1.29 is 27.2 Å². The van der Waals surface area contributed by atoms with Crippen molar-refractivity contribution >= 4 is 51.0 Å². The van der Waals surface area contributed by atoms with E-state index in [4.69, 9.17) is 11.6 Å². The van der Waals surface area contributed by atoms with Gasteiger partial charge in [0.25, 0.3) is 11.1 Å². The maximum Gasteiger partial charge on any atom is 0.416 e. The van der Waals surface area contributed by atoms with Crippen molar-refractivity contribution in [1.29, 1.82) is 0 Å². The van der Waals surface area contributed by atoms with Crippen LogP contribution in [0.3, 0.4) is 0 Å². The number of carbonyl (C=O) groups excluding carboxylic acids is 2. The number of alkyl halides is 4. The van der Waals surface area contributed by atoms with E-state index in [9.17, 15) is 27.2 Å². The van der Waals surface area contributed by atoms with E-state index in [2.05, 4.69) is 15.5 Å². The number of nitrogens with zero attached hydrogens (tertiary/aromatic N) is 2. The van der Waals surface area contributed by atoms with Gasteiger partial charge in [-0.3, -0.25) is 19.6 Å². The molecule has 188 valence electrons. The van der Waals surface area contributed by atoms with Crippen molar-refractivity contribution in [3.05, 3.63) is 69.2 Å². The largest absolute Gasteiger partial charge is 0.416 e. The molecule has 0 spiro atoms. The van der Waals surface area contributed by atoms with Gasteiger partial charge < -0.3 is 5.32 Å². The lowest BCUT2D eigenvalue weighted by Gasteiger charge is -2.18. The second-order valence-corrected chi connectivity index (χ2v) is 10.1. The number of carbonyl (C=O) groups is 2. The molecule has 1 aromatic heterocycles. The Morgan fingerprint density at radius 2 is 2.00 bits per heavy atom. The molecule has 2 fully saturated rings. The molecule has 2 saturated heterocycles. The number of H-pyrrole nitrogens is 1. The van der Waals surface area contributed by atoms with Crippen LogP contribution in [0.4, 0.5) is 22.4 Å². The van der Waals surface area contributed by atoms with Crippen molar-refractivity contribution in [1.82, 2.24) is 20.4 Å². The Bertz CT molecular complexity index is 1390. The summed E-state index contributed by atoms with van der Waals surface area (Å²) in [6.45, 7) is 0.126. The van der Waals surface area contributed by atoms with E-state index in [1.54, 1.807) is 24.4 Å². The molecular weight excluding hydrogens is 520 g/mol. The lowest BCUT2D eigenvalue weighted by molar-refractivity contribution is -0.138. The van der Waals surface area contributed by atoms with E-state index in [1.807, 2.05) is 0 Å². The van der Waals surface area contributed by atoms with Gasteiger partial charge in [0.05, 0.1) is 22.2 Å². The molecule has 2 amide bonds. The van der Waals surface area contributed by atoms with Crippen LogP contribution in [0.1, 0.15) is 23.1 Å². The maximum absolute atomic E-state index is 13.8. The lowest BCUT2D eigenvalue weighted by Crippen LogP contribution is -2.39. The maximum atomic E-state index is 13.8. The lowest BCUT2D eigenvalue weighted by atomic mass is 9.93. The minimum Gasteiger partial charge on any atom is -0.309 e. The van der Waals surface area contributed by atoms with E-state index in [-0.39, 0.29) is 53.0 Å². The van der Waals surface area contributed by atoms with Gasteiger partial charge in [-0.1, -0.05) is 23.7 Å². The molecule has 0 unspecified atom stereocenters.